The minimum absolute atomic E-state index is 0.242. The van der Waals surface area contributed by atoms with Crippen LogP contribution in [0.5, 0.6) is 0 Å². The molecule has 0 saturated heterocycles. The van der Waals surface area contributed by atoms with E-state index in [1.54, 1.807) is 18.3 Å². The highest BCUT2D eigenvalue weighted by molar-refractivity contribution is 5.54. The molecular formula is C13H13N5. The third kappa shape index (κ3) is 2.55. The average molecular weight is 239 g/mol. The molecule has 3 N–H and O–H groups in total. The molecule has 0 atom stereocenters. The molecule has 0 aliphatic rings. The summed E-state index contributed by atoms with van der Waals surface area (Å²) in [4.78, 5) is 8.16. The first-order valence-electron chi connectivity index (χ1n) is 5.50. The minimum atomic E-state index is 0.242. The normalized spacial score (nSPS) is 9.78. The van der Waals surface area contributed by atoms with Crippen LogP contribution in [0, 0.1) is 18.3 Å². The van der Waals surface area contributed by atoms with Gasteiger partial charge >= 0.3 is 0 Å². The topological polar surface area (TPSA) is 87.6 Å². The van der Waals surface area contributed by atoms with Gasteiger partial charge in [0.1, 0.15) is 11.9 Å². The Kier molecular flexibility index (Phi) is 3.39. The maximum absolute atomic E-state index is 8.84. The van der Waals surface area contributed by atoms with Crippen LogP contribution in [0.3, 0.4) is 0 Å². The van der Waals surface area contributed by atoms with Gasteiger partial charge in [0.25, 0.3) is 0 Å². The molecule has 2 heterocycles. The Balaban J connectivity index is 2.12. The molecule has 18 heavy (non-hydrogen) atoms. The Morgan fingerprint density at radius 1 is 1.39 bits per heavy atom. The SMILES string of the molecule is Cc1cnccc1CNc1ccc(N)c(C#N)n1. The minimum Gasteiger partial charge on any atom is -0.396 e. The zero-order valence-corrected chi connectivity index (χ0v) is 10.0. The molecule has 0 saturated carbocycles. The molecule has 2 rings (SSSR count). The van der Waals surface area contributed by atoms with Crippen molar-refractivity contribution < 1.29 is 0 Å². The van der Waals surface area contributed by atoms with Crippen molar-refractivity contribution in [1.82, 2.24) is 9.97 Å². The summed E-state index contributed by atoms with van der Waals surface area (Å²) in [5.41, 5.74) is 8.50. The van der Waals surface area contributed by atoms with Gasteiger partial charge in [-0.1, -0.05) is 0 Å². The van der Waals surface area contributed by atoms with E-state index in [1.807, 2.05) is 25.3 Å². The number of anilines is 2. The molecule has 0 spiro atoms. The zero-order chi connectivity index (χ0) is 13.0. The van der Waals surface area contributed by atoms with Crippen LogP contribution in [-0.4, -0.2) is 9.97 Å². The summed E-state index contributed by atoms with van der Waals surface area (Å²) in [5.74, 6) is 0.636. The zero-order valence-electron chi connectivity index (χ0n) is 10.0. The first kappa shape index (κ1) is 11.9. The van der Waals surface area contributed by atoms with Gasteiger partial charge in [-0.05, 0) is 36.2 Å². The van der Waals surface area contributed by atoms with Crippen molar-refractivity contribution in [3.63, 3.8) is 0 Å². The van der Waals surface area contributed by atoms with Crippen LogP contribution in [0.2, 0.25) is 0 Å². The van der Waals surface area contributed by atoms with Crippen LogP contribution in [0.4, 0.5) is 11.5 Å². The van der Waals surface area contributed by atoms with Gasteiger partial charge < -0.3 is 11.1 Å². The molecule has 2 aromatic heterocycles. The van der Waals surface area contributed by atoms with Crippen LogP contribution in [0.15, 0.2) is 30.6 Å². The highest BCUT2D eigenvalue weighted by Crippen LogP contribution is 2.13. The number of hydrogen-bond donors (Lipinski definition) is 2. The lowest BCUT2D eigenvalue weighted by Gasteiger charge is -2.08. The number of nitrogen functional groups attached to an aromatic ring is 1. The number of nitrogens with one attached hydrogen (secondary N) is 1. The van der Waals surface area contributed by atoms with Crippen molar-refractivity contribution >= 4 is 11.5 Å². The number of nitrogens with two attached hydrogens (primary N) is 1. The van der Waals surface area contributed by atoms with E-state index in [-0.39, 0.29) is 5.69 Å². The largest absolute Gasteiger partial charge is 0.396 e. The molecule has 0 amide bonds. The van der Waals surface area contributed by atoms with E-state index in [1.165, 1.54) is 0 Å². The Morgan fingerprint density at radius 2 is 2.22 bits per heavy atom. The number of nitriles is 1. The molecule has 0 aliphatic carbocycles. The van der Waals surface area contributed by atoms with E-state index in [2.05, 4.69) is 15.3 Å². The van der Waals surface area contributed by atoms with E-state index in [9.17, 15) is 0 Å². The number of aromatic nitrogens is 2. The second-order valence-electron chi connectivity index (χ2n) is 3.90. The third-order valence-electron chi connectivity index (χ3n) is 2.63. The van der Waals surface area contributed by atoms with Gasteiger partial charge in [0, 0.05) is 18.9 Å². The van der Waals surface area contributed by atoms with Crippen LogP contribution in [-0.2, 0) is 6.54 Å². The van der Waals surface area contributed by atoms with Crippen molar-refractivity contribution in [2.24, 2.45) is 0 Å². The summed E-state index contributed by atoms with van der Waals surface area (Å²) in [7, 11) is 0. The summed E-state index contributed by atoms with van der Waals surface area (Å²) in [6.07, 6.45) is 3.56. The van der Waals surface area contributed by atoms with Gasteiger partial charge in [-0.25, -0.2) is 4.98 Å². The van der Waals surface area contributed by atoms with E-state index in [0.29, 0.717) is 18.1 Å². The van der Waals surface area contributed by atoms with E-state index in [0.717, 1.165) is 11.1 Å². The van der Waals surface area contributed by atoms with Gasteiger partial charge in [-0.2, -0.15) is 5.26 Å². The molecule has 5 heteroatoms. The number of rotatable bonds is 3. The van der Waals surface area contributed by atoms with Gasteiger partial charge in [0.05, 0.1) is 5.69 Å². The van der Waals surface area contributed by atoms with Crippen LogP contribution >= 0.6 is 0 Å². The standard InChI is InChI=1S/C13H13N5/c1-9-7-16-5-4-10(9)8-17-13-3-2-11(15)12(6-14)18-13/h2-5,7H,8,15H2,1H3,(H,17,18). The molecule has 0 radical (unpaired) electrons. The van der Waals surface area contributed by atoms with Gasteiger partial charge in [0.15, 0.2) is 5.69 Å². The van der Waals surface area contributed by atoms with Crippen molar-refractivity contribution in [1.29, 1.82) is 5.26 Å². The molecule has 0 fully saturated rings. The molecule has 0 aromatic carbocycles. The van der Waals surface area contributed by atoms with E-state index >= 15 is 0 Å². The van der Waals surface area contributed by atoms with Crippen LogP contribution < -0.4 is 11.1 Å². The second-order valence-corrected chi connectivity index (χ2v) is 3.90. The first-order valence-corrected chi connectivity index (χ1v) is 5.50. The van der Waals surface area contributed by atoms with Crippen molar-refractivity contribution in [3.05, 3.63) is 47.4 Å². The first-order chi connectivity index (χ1) is 8.70. The highest BCUT2D eigenvalue weighted by Gasteiger charge is 2.02. The number of pyridine rings is 2. The number of hydrogen-bond acceptors (Lipinski definition) is 5. The average Bonchev–Trinajstić information content (AvgIpc) is 2.39. The van der Waals surface area contributed by atoms with Crippen molar-refractivity contribution in [2.75, 3.05) is 11.1 Å². The second kappa shape index (κ2) is 5.15. The lowest BCUT2D eigenvalue weighted by atomic mass is 10.1. The van der Waals surface area contributed by atoms with Gasteiger partial charge in [-0.15, -0.1) is 0 Å². The predicted octanol–water partition coefficient (Wildman–Crippen LogP) is 1.85. The fourth-order valence-electron chi connectivity index (χ4n) is 1.54. The van der Waals surface area contributed by atoms with Crippen molar-refractivity contribution in [2.45, 2.75) is 13.5 Å². The van der Waals surface area contributed by atoms with Gasteiger partial charge in [0.2, 0.25) is 0 Å². The Morgan fingerprint density at radius 3 is 2.94 bits per heavy atom. The molecule has 0 unspecified atom stereocenters. The molecule has 0 bridgehead atoms. The van der Waals surface area contributed by atoms with E-state index < -0.39 is 0 Å². The lowest BCUT2D eigenvalue weighted by Crippen LogP contribution is -2.05. The molecule has 5 nitrogen and oxygen atoms in total. The number of aryl methyl sites for hydroxylation is 1. The molecular weight excluding hydrogens is 226 g/mol. The van der Waals surface area contributed by atoms with Crippen molar-refractivity contribution in [3.8, 4) is 6.07 Å². The monoisotopic (exact) mass is 239 g/mol. The predicted molar refractivity (Wildman–Crippen MR) is 69.7 cm³/mol. The Labute approximate surface area is 105 Å². The highest BCUT2D eigenvalue weighted by atomic mass is 15.0. The summed E-state index contributed by atoms with van der Waals surface area (Å²) >= 11 is 0. The molecule has 2 aromatic rings. The molecule has 0 aliphatic heterocycles. The fourth-order valence-corrected chi connectivity index (χ4v) is 1.54. The quantitative estimate of drug-likeness (QED) is 0.853. The number of nitrogens with zero attached hydrogens (tertiary/aromatic N) is 3. The third-order valence-corrected chi connectivity index (χ3v) is 2.63. The summed E-state index contributed by atoms with van der Waals surface area (Å²) in [6.45, 7) is 2.64. The Hall–Kier alpha value is -2.61. The summed E-state index contributed by atoms with van der Waals surface area (Å²) < 4.78 is 0. The summed E-state index contributed by atoms with van der Waals surface area (Å²) in [6, 6.07) is 7.34. The summed E-state index contributed by atoms with van der Waals surface area (Å²) in [5, 5.41) is 12.0. The Bertz CT molecular complexity index is 601. The van der Waals surface area contributed by atoms with E-state index in [4.69, 9.17) is 11.0 Å². The maximum Gasteiger partial charge on any atom is 0.165 e. The fraction of sp³-hybridized carbons (Fsp3) is 0.154. The van der Waals surface area contributed by atoms with Crippen LogP contribution in [0.25, 0.3) is 0 Å². The lowest BCUT2D eigenvalue weighted by molar-refractivity contribution is 1.07. The smallest absolute Gasteiger partial charge is 0.165 e. The maximum atomic E-state index is 8.84. The molecule has 90 valence electrons. The van der Waals surface area contributed by atoms with Gasteiger partial charge in [-0.3, -0.25) is 4.98 Å². The van der Waals surface area contributed by atoms with Crippen LogP contribution in [0.1, 0.15) is 16.8 Å².